The molecule has 1 aromatic heterocycles. The molecule has 5 N–H and O–H groups in total. The van der Waals surface area contributed by atoms with E-state index >= 15 is 0 Å². The second kappa shape index (κ2) is 14.9. The molecule has 3 aromatic rings. The number of nitrogens with zero attached hydrogens (tertiary/aromatic N) is 4. The number of ketones is 1. The predicted octanol–water partition coefficient (Wildman–Crippen LogP) is 2.29. The van der Waals surface area contributed by atoms with Gasteiger partial charge >= 0.3 is 0 Å². The van der Waals surface area contributed by atoms with Crippen molar-refractivity contribution in [3.8, 4) is 0 Å². The maximum atomic E-state index is 14.8. The zero-order chi connectivity index (χ0) is 36.3. The third kappa shape index (κ3) is 7.81. The van der Waals surface area contributed by atoms with Crippen molar-refractivity contribution in [2.45, 2.75) is 101 Å². The number of hydrogen-bond donors (Lipinski definition) is 4. The van der Waals surface area contributed by atoms with Crippen molar-refractivity contribution in [2.24, 2.45) is 11.7 Å². The van der Waals surface area contributed by atoms with E-state index in [1.54, 1.807) is 26.0 Å². The van der Waals surface area contributed by atoms with Crippen LogP contribution in [0.4, 0.5) is 0 Å². The van der Waals surface area contributed by atoms with Gasteiger partial charge < -0.3 is 31.1 Å². The van der Waals surface area contributed by atoms with Gasteiger partial charge in [-0.2, -0.15) is 0 Å². The molecule has 2 aromatic carbocycles. The number of carbonyl (C=O) groups is 5. The first kappa shape index (κ1) is 36.1. The molecule has 4 amide bonds. The van der Waals surface area contributed by atoms with E-state index in [0.717, 1.165) is 42.9 Å². The number of ether oxygens (including phenoxy) is 1. The Morgan fingerprint density at radius 3 is 2.43 bits per heavy atom. The van der Waals surface area contributed by atoms with E-state index in [0.29, 0.717) is 17.7 Å². The number of rotatable bonds is 11. The van der Waals surface area contributed by atoms with E-state index < -0.39 is 58.7 Å². The van der Waals surface area contributed by atoms with Gasteiger partial charge in [0.2, 0.25) is 17.6 Å². The molecular weight excluding hydrogens is 654 g/mol. The van der Waals surface area contributed by atoms with E-state index in [2.05, 4.69) is 20.9 Å². The Bertz CT molecular complexity index is 1790. The molecule has 3 heterocycles. The first-order valence-electron chi connectivity index (χ1n) is 17.8. The second-order valence-corrected chi connectivity index (χ2v) is 14.7. The molecule has 14 nitrogen and oxygen atoms in total. The van der Waals surface area contributed by atoms with Crippen LogP contribution in [0, 0.1) is 5.92 Å². The number of likely N-dealkylation sites (tertiary alicyclic amines) is 1. The summed E-state index contributed by atoms with van der Waals surface area (Å²) in [7, 11) is 0. The first-order chi connectivity index (χ1) is 24.4. The highest BCUT2D eigenvalue weighted by atomic mass is 16.5. The standard InChI is InChI=1S/C37H47N7O7/c1-36(2,50)30-21-39-42-44(30)27-20-29(34(48)41-37(31(45)32(38)46)14-16-51-17-15-37)43(22-27)35(49)28(18-23-8-4-3-5-9-23)40-33(47)26-13-12-24-10-6-7-11-25(24)19-26/h6-7,10-13,19,21,23,27-29,50H,3-5,8-9,14-18,20,22H2,1-2H3,(H2,38,46)(H,40,47)(H,41,48)/t27-,28+,29-/m0/s1. The van der Waals surface area contributed by atoms with Crippen LogP contribution in [0.1, 0.15) is 93.7 Å². The fraction of sp³-hybridized carbons (Fsp3) is 0.541. The van der Waals surface area contributed by atoms with Crippen molar-refractivity contribution in [3.63, 3.8) is 0 Å². The van der Waals surface area contributed by atoms with Crippen molar-refractivity contribution in [3.05, 3.63) is 59.9 Å². The van der Waals surface area contributed by atoms with Crippen molar-refractivity contribution >= 4 is 40.2 Å². The smallest absolute Gasteiger partial charge is 0.287 e. The van der Waals surface area contributed by atoms with Gasteiger partial charge in [-0.15, -0.1) is 5.10 Å². The Morgan fingerprint density at radius 1 is 1.04 bits per heavy atom. The van der Waals surface area contributed by atoms with E-state index in [1.165, 1.54) is 15.8 Å². The molecule has 6 rings (SSSR count). The number of nitrogens with two attached hydrogens (primary N) is 1. The maximum absolute atomic E-state index is 14.8. The molecule has 0 unspecified atom stereocenters. The lowest BCUT2D eigenvalue weighted by atomic mass is 9.84. The fourth-order valence-electron chi connectivity index (χ4n) is 7.87. The van der Waals surface area contributed by atoms with Crippen LogP contribution in [0.15, 0.2) is 48.7 Å². The van der Waals surface area contributed by atoms with Crippen molar-refractivity contribution < 1.29 is 33.8 Å². The lowest BCUT2D eigenvalue weighted by Crippen LogP contribution is -2.64. The normalized spacial score (nSPS) is 21.6. The number of Topliss-reactive ketones (excluding diaryl/α,β-unsaturated/α-hetero) is 1. The van der Waals surface area contributed by atoms with Crippen LogP contribution in [0.25, 0.3) is 10.8 Å². The number of nitrogens with one attached hydrogen (secondary N) is 2. The van der Waals surface area contributed by atoms with Gasteiger partial charge in [0.1, 0.15) is 23.2 Å². The summed E-state index contributed by atoms with van der Waals surface area (Å²) in [5.41, 5.74) is 3.33. The summed E-state index contributed by atoms with van der Waals surface area (Å²) in [6, 6.07) is 10.5. The van der Waals surface area contributed by atoms with Gasteiger partial charge in [-0.25, -0.2) is 4.68 Å². The van der Waals surface area contributed by atoms with Gasteiger partial charge in [0.25, 0.3) is 11.8 Å². The van der Waals surface area contributed by atoms with E-state index in [9.17, 15) is 29.1 Å². The zero-order valence-electron chi connectivity index (χ0n) is 29.2. The Morgan fingerprint density at radius 2 is 1.75 bits per heavy atom. The zero-order valence-corrected chi connectivity index (χ0v) is 29.2. The monoisotopic (exact) mass is 701 g/mol. The molecule has 1 aliphatic carbocycles. The highest BCUT2D eigenvalue weighted by Gasteiger charge is 2.49. The highest BCUT2D eigenvalue weighted by molar-refractivity contribution is 6.39. The lowest BCUT2D eigenvalue weighted by molar-refractivity contribution is -0.147. The number of primary amides is 1. The summed E-state index contributed by atoms with van der Waals surface area (Å²) in [5.74, 6) is -3.37. The molecule has 0 spiro atoms. The first-order valence-corrected chi connectivity index (χ1v) is 17.8. The largest absolute Gasteiger partial charge is 0.384 e. The SMILES string of the molecule is CC(C)(O)c1cnnn1[C@H]1C[C@@H](C(=O)NC2(C(=O)C(N)=O)CCOCC2)N(C(=O)[C@@H](CC2CCCCC2)NC(=O)c2ccc3ccccc3c2)C1. The molecule has 2 aliphatic heterocycles. The van der Waals surface area contributed by atoms with Crippen molar-refractivity contribution in [1.29, 1.82) is 0 Å². The molecule has 1 saturated carbocycles. The second-order valence-electron chi connectivity index (χ2n) is 14.7. The molecular formula is C37H47N7O7. The number of benzene rings is 2. The van der Waals surface area contributed by atoms with E-state index in [1.807, 2.05) is 30.3 Å². The van der Waals surface area contributed by atoms with Gasteiger partial charge in [0.05, 0.1) is 17.9 Å². The van der Waals surface area contributed by atoms with Gasteiger partial charge in [0, 0.05) is 44.6 Å². The molecule has 3 atom stereocenters. The molecule has 14 heteroatoms. The summed E-state index contributed by atoms with van der Waals surface area (Å²) in [6.45, 7) is 3.48. The van der Waals surface area contributed by atoms with Gasteiger partial charge in [-0.3, -0.25) is 24.0 Å². The summed E-state index contributed by atoms with van der Waals surface area (Å²) < 4.78 is 6.95. The number of carbonyl (C=O) groups excluding carboxylic acids is 5. The van der Waals surface area contributed by atoms with E-state index in [4.69, 9.17) is 10.5 Å². The molecule has 0 radical (unpaired) electrons. The topological polar surface area (TPSA) is 199 Å². The Balaban J connectivity index is 1.33. The molecule has 51 heavy (non-hydrogen) atoms. The predicted molar refractivity (Wildman–Crippen MR) is 186 cm³/mol. The van der Waals surface area contributed by atoms with Crippen molar-refractivity contribution in [2.75, 3.05) is 19.8 Å². The minimum Gasteiger partial charge on any atom is -0.384 e. The van der Waals surface area contributed by atoms with Crippen LogP contribution >= 0.6 is 0 Å². The quantitative estimate of drug-likeness (QED) is 0.217. The Kier molecular flexibility index (Phi) is 10.5. The van der Waals surface area contributed by atoms with Crippen LogP contribution in [-0.4, -0.2) is 91.8 Å². The van der Waals surface area contributed by atoms with E-state index in [-0.39, 0.29) is 44.9 Å². The lowest BCUT2D eigenvalue weighted by Gasteiger charge is -2.37. The molecule has 2 saturated heterocycles. The average Bonchev–Trinajstić information content (AvgIpc) is 3.80. The Hall–Kier alpha value is -4.69. The fourth-order valence-corrected chi connectivity index (χ4v) is 7.87. The maximum Gasteiger partial charge on any atom is 0.287 e. The van der Waals surface area contributed by atoms with Crippen LogP contribution in [-0.2, 0) is 29.5 Å². The van der Waals surface area contributed by atoms with Gasteiger partial charge in [-0.05, 0) is 49.1 Å². The van der Waals surface area contributed by atoms with Crippen LogP contribution in [0.2, 0.25) is 0 Å². The average molecular weight is 702 g/mol. The summed E-state index contributed by atoms with van der Waals surface area (Å²) in [5, 5.41) is 26.8. The van der Waals surface area contributed by atoms with Gasteiger partial charge in [0.15, 0.2) is 0 Å². The number of aliphatic hydroxyl groups is 1. The van der Waals surface area contributed by atoms with Crippen LogP contribution < -0.4 is 16.4 Å². The molecule has 272 valence electrons. The summed E-state index contributed by atoms with van der Waals surface area (Å²) in [6.07, 6.45) is 7.05. The molecule has 3 aliphatic rings. The van der Waals surface area contributed by atoms with Crippen molar-refractivity contribution in [1.82, 2.24) is 30.5 Å². The number of amides is 4. The third-order valence-electron chi connectivity index (χ3n) is 10.7. The summed E-state index contributed by atoms with van der Waals surface area (Å²) >= 11 is 0. The minimum absolute atomic E-state index is 0.0241. The number of hydrogen-bond acceptors (Lipinski definition) is 9. The number of fused-ring (bicyclic) bond motifs is 1. The summed E-state index contributed by atoms with van der Waals surface area (Å²) in [4.78, 5) is 69.6. The van der Waals surface area contributed by atoms with Crippen LogP contribution in [0.3, 0.4) is 0 Å². The number of aromatic nitrogens is 3. The van der Waals surface area contributed by atoms with Crippen LogP contribution in [0.5, 0.6) is 0 Å². The highest BCUT2D eigenvalue weighted by Crippen LogP contribution is 2.34. The molecule has 3 fully saturated rings. The molecule has 0 bridgehead atoms. The van der Waals surface area contributed by atoms with Gasteiger partial charge in [-0.1, -0.05) is 67.6 Å². The minimum atomic E-state index is -1.58. The third-order valence-corrected chi connectivity index (χ3v) is 10.7. The Labute approximate surface area is 296 Å².